The van der Waals surface area contributed by atoms with E-state index >= 15 is 0 Å². The predicted molar refractivity (Wildman–Crippen MR) is 75.6 cm³/mol. The van der Waals surface area contributed by atoms with Crippen molar-refractivity contribution >= 4 is 0 Å². The molecule has 1 aromatic carbocycles. The van der Waals surface area contributed by atoms with Crippen molar-refractivity contribution in [2.45, 2.75) is 51.2 Å². The summed E-state index contributed by atoms with van der Waals surface area (Å²) < 4.78 is 0. The first-order valence-electron chi connectivity index (χ1n) is 7.35. The van der Waals surface area contributed by atoms with E-state index in [0.29, 0.717) is 0 Å². The molecule has 1 saturated carbocycles. The summed E-state index contributed by atoms with van der Waals surface area (Å²) in [5.74, 6) is 0. The highest BCUT2D eigenvalue weighted by Gasteiger charge is 2.34. The second-order valence-corrected chi connectivity index (χ2v) is 5.87. The molecular weight excluding hydrogens is 220 g/mol. The van der Waals surface area contributed by atoms with Crippen LogP contribution in [0.1, 0.15) is 36.8 Å². The van der Waals surface area contributed by atoms with Crippen LogP contribution in [0.15, 0.2) is 24.3 Å². The minimum Gasteiger partial charge on any atom is -0.317 e. The van der Waals surface area contributed by atoms with Crippen LogP contribution in [0.5, 0.6) is 0 Å². The summed E-state index contributed by atoms with van der Waals surface area (Å²) in [6.07, 6.45) is 5.47. The Bertz CT molecular complexity index is 392. The number of nitrogens with zero attached hydrogens (tertiary/aromatic N) is 1. The van der Waals surface area contributed by atoms with Crippen LogP contribution in [0.3, 0.4) is 0 Å². The molecular formula is C16H24N2. The summed E-state index contributed by atoms with van der Waals surface area (Å²) in [7, 11) is 0. The largest absolute Gasteiger partial charge is 0.317 e. The van der Waals surface area contributed by atoms with Gasteiger partial charge in [0.25, 0.3) is 0 Å². The Morgan fingerprint density at radius 1 is 1.11 bits per heavy atom. The van der Waals surface area contributed by atoms with E-state index < -0.39 is 0 Å². The molecule has 2 fully saturated rings. The normalized spacial score (nSPS) is 21.4. The van der Waals surface area contributed by atoms with Crippen molar-refractivity contribution in [1.82, 2.24) is 10.2 Å². The van der Waals surface area contributed by atoms with Gasteiger partial charge >= 0.3 is 0 Å². The van der Waals surface area contributed by atoms with Gasteiger partial charge in [-0.1, -0.05) is 29.8 Å². The van der Waals surface area contributed by atoms with Gasteiger partial charge in [0.1, 0.15) is 0 Å². The van der Waals surface area contributed by atoms with Gasteiger partial charge in [-0.25, -0.2) is 0 Å². The lowest BCUT2D eigenvalue weighted by molar-refractivity contribution is 0.145. The Hall–Kier alpha value is -0.860. The van der Waals surface area contributed by atoms with Gasteiger partial charge in [-0.2, -0.15) is 0 Å². The Labute approximate surface area is 110 Å². The van der Waals surface area contributed by atoms with E-state index in [4.69, 9.17) is 0 Å². The molecule has 1 heterocycles. The van der Waals surface area contributed by atoms with Crippen molar-refractivity contribution in [3.63, 3.8) is 0 Å². The minimum absolute atomic E-state index is 0.805. The van der Waals surface area contributed by atoms with E-state index in [-0.39, 0.29) is 0 Å². The van der Waals surface area contributed by atoms with Gasteiger partial charge in [-0.3, -0.25) is 4.90 Å². The molecule has 0 unspecified atom stereocenters. The number of nitrogens with one attached hydrogen (secondary N) is 1. The van der Waals surface area contributed by atoms with Gasteiger partial charge < -0.3 is 5.32 Å². The fourth-order valence-electron chi connectivity index (χ4n) is 3.12. The Morgan fingerprint density at radius 3 is 2.50 bits per heavy atom. The third-order valence-corrected chi connectivity index (χ3v) is 4.24. The van der Waals surface area contributed by atoms with Crippen LogP contribution in [-0.4, -0.2) is 30.1 Å². The molecule has 2 nitrogen and oxygen atoms in total. The number of rotatable bonds is 4. The molecule has 0 bridgehead atoms. The topological polar surface area (TPSA) is 15.3 Å². The fraction of sp³-hybridized carbons (Fsp3) is 0.625. The second-order valence-electron chi connectivity index (χ2n) is 5.87. The van der Waals surface area contributed by atoms with Gasteiger partial charge in [-0.15, -0.1) is 0 Å². The van der Waals surface area contributed by atoms with Crippen LogP contribution in [0.4, 0.5) is 0 Å². The van der Waals surface area contributed by atoms with E-state index in [1.807, 2.05) is 0 Å². The first-order valence-corrected chi connectivity index (χ1v) is 7.35. The van der Waals surface area contributed by atoms with E-state index in [0.717, 1.165) is 18.6 Å². The summed E-state index contributed by atoms with van der Waals surface area (Å²) in [6.45, 7) is 5.73. The molecule has 0 amide bonds. The van der Waals surface area contributed by atoms with Crippen molar-refractivity contribution in [2.24, 2.45) is 0 Å². The molecule has 0 radical (unpaired) electrons. The zero-order valence-electron chi connectivity index (χ0n) is 11.4. The maximum Gasteiger partial charge on any atom is 0.0239 e. The number of piperidine rings is 1. The SMILES string of the molecule is Cc1cccc(CN(C2CCNCC2)C2CC2)c1. The molecule has 0 aromatic heterocycles. The highest BCUT2D eigenvalue weighted by atomic mass is 15.2. The van der Waals surface area contributed by atoms with E-state index in [1.54, 1.807) is 0 Å². The molecule has 3 rings (SSSR count). The highest BCUT2D eigenvalue weighted by molar-refractivity contribution is 5.22. The average Bonchev–Trinajstić information content (AvgIpc) is 3.21. The number of hydrogen-bond donors (Lipinski definition) is 1. The molecule has 2 heteroatoms. The van der Waals surface area contributed by atoms with Crippen LogP contribution in [0.2, 0.25) is 0 Å². The Morgan fingerprint density at radius 2 is 1.83 bits per heavy atom. The fourth-order valence-corrected chi connectivity index (χ4v) is 3.12. The Balaban J connectivity index is 1.69. The molecule has 1 saturated heterocycles. The first-order chi connectivity index (χ1) is 8.83. The van der Waals surface area contributed by atoms with Crippen LogP contribution in [0, 0.1) is 6.92 Å². The average molecular weight is 244 g/mol. The van der Waals surface area contributed by atoms with Crippen molar-refractivity contribution < 1.29 is 0 Å². The zero-order valence-corrected chi connectivity index (χ0v) is 11.4. The summed E-state index contributed by atoms with van der Waals surface area (Å²) in [6, 6.07) is 10.7. The molecule has 0 atom stereocenters. The monoisotopic (exact) mass is 244 g/mol. The maximum atomic E-state index is 3.48. The van der Waals surface area contributed by atoms with E-state index in [2.05, 4.69) is 41.4 Å². The summed E-state index contributed by atoms with van der Waals surface area (Å²) in [4.78, 5) is 2.77. The van der Waals surface area contributed by atoms with E-state index in [1.165, 1.54) is 49.9 Å². The molecule has 1 aliphatic carbocycles. The summed E-state index contributed by atoms with van der Waals surface area (Å²) in [5.41, 5.74) is 2.87. The van der Waals surface area contributed by atoms with Crippen molar-refractivity contribution in [3.05, 3.63) is 35.4 Å². The van der Waals surface area contributed by atoms with Crippen molar-refractivity contribution in [3.8, 4) is 0 Å². The van der Waals surface area contributed by atoms with Gasteiger partial charge in [0, 0.05) is 18.6 Å². The van der Waals surface area contributed by atoms with Gasteiger partial charge in [0.15, 0.2) is 0 Å². The van der Waals surface area contributed by atoms with Crippen LogP contribution < -0.4 is 5.32 Å². The smallest absolute Gasteiger partial charge is 0.0239 e. The second kappa shape index (κ2) is 5.41. The molecule has 18 heavy (non-hydrogen) atoms. The molecule has 1 aliphatic heterocycles. The first kappa shape index (κ1) is 12.2. The van der Waals surface area contributed by atoms with Crippen LogP contribution >= 0.6 is 0 Å². The molecule has 98 valence electrons. The number of aryl methyl sites for hydroxylation is 1. The van der Waals surface area contributed by atoms with Crippen molar-refractivity contribution in [1.29, 1.82) is 0 Å². The lowest BCUT2D eigenvalue weighted by Gasteiger charge is -2.35. The third-order valence-electron chi connectivity index (χ3n) is 4.24. The predicted octanol–water partition coefficient (Wildman–Crippen LogP) is 2.71. The summed E-state index contributed by atoms with van der Waals surface area (Å²) >= 11 is 0. The lowest BCUT2D eigenvalue weighted by Crippen LogP contribution is -2.43. The number of benzene rings is 1. The van der Waals surface area contributed by atoms with Gasteiger partial charge in [-0.05, 0) is 51.3 Å². The van der Waals surface area contributed by atoms with E-state index in [9.17, 15) is 0 Å². The standard InChI is InChI=1S/C16H24N2/c1-13-3-2-4-14(11-13)12-18(15-5-6-15)16-7-9-17-10-8-16/h2-4,11,15-17H,5-10,12H2,1H3. The third kappa shape index (κ3) is 2.93. The lowest BCUT2D eigenvalue weighted by atomic mass is 10.0. The molecule has 1 aromatic rings. The minimum atomic E-state index is 0.805. The van der Waals surface area contributed by atoms with Gasteiger partial charge in [0.2, 0.25) is 0 Å². The molecule has 2 aliphatic rings. The van der Waals surface area contributed by atoms with Crippen LogP contribution in [-0.2, 0) is 6.54 Å². The highest BCUT2D eigenvalue weighted by Crippen LogP contribution is 2.32. The molecule has 0 spiro atoms. The zero-order chi connectivity index (χ0) is 12.4. The summed E-state index contributed by atoms with van der Waals surface area (Å²) in [5, 5.41) is 3.48. The Kier molecular flexibility index (Phi) is 3.67. The number of hydrogen-bond acceptors (Lipinski definition) is 2. The van der Waals surface area contributed by atoms with Crippen LogP contribution in [0.25, 0.3) is 0 Å². The maximum absolute atomic E-state index is 3.48. The van der Waals surface area contributed by atoms with Gasteiger partial charge in [0.05, 0.1) is 0 Å². The van der Waals surface area contributed by atoms with Crippen molar-refractivity contribution in [2.75, 3.05) is 13.1 Å². The quantitative estimate of drug-likeness (QED) is 0.876. The molecule has 1 N–H and O–H groups in total.